The van der Waals surface area contributed by atoms with E-state index in [4.69, 9.17) is 0 Å². The van der Waals surface area contributed by atoms with Gasteiger partial charge in [0.25, 0.3) is 0 Å². The van der Waals surface area contributed by atoms with Gasteiger partial charge in [-0.3, -0.25) is 0 Å². The van der Waals surface area contributed by atoms with Crippen molar-refractivity contribution in [1.29, 1.82) is 0 Å². The molecule has 0 atom stereocenters. The Hall–Kier alpha value is -3.33. The van der Waals surface area contributed by atoms with Crippen LogP contribution in [0.25, 0.3) is 11.3 Å². The van der Waals surface area contributed by atoms with E-state index in [2.05, 4.69) is 72.8 Å². The van der Waals surface area contributed by atoms with Gasteiger partial charge in [-0.05, 0) is 78.3 Å². The van der Waals surface area contributed by atoms with E-state index in [0.717, 1.165) is 52.1 Å². The van der Waals surface area contributed by atoms with E-state index in [1.807, 2.05) is 33.8 Å². The summed E-state index contributed by atoms with van der Waals surface area (Å²) in [5.74, 6) is -0.140. The van der Waals surface area contributed by atoms with Crippen molar-refractivity contribution in [1.82, 2.24) is 5.32 Å². The number of nitrogens with zero attached hydrogens (tertiary/aromatic N) is 1. The maximum absolute atomic E-state index is 14.7. The molecule has 1 aliphatic rings. The van der Waals surface area contributed by atoms with Gasteiger partial charge in [0, 0.05) is 29.1 Å². The summed E-state index contributed by atoms with van der Waals surface area (Å²) in [6.07, 6.45) is 1.79. The second-order valence-electron chi connectivity index (χ2n) is 8.74. The van der Waals surface area contributed by atoms with Crippen molar-refractivity contribution in [2.75, 3.05) is 11.6 Å². The number of hydrogen-bond acceptors (Lipinski definition) is 2. The minimum Gasteiger partial charge on any atom is -0.368 e. The molecule has 1 aliphatic heterocycles. The molecule has 178 valence electrons. The zero-order chi connectivity index (χ0) is 24.8. The quantitative estimate of drug-likeness (QED) is 0.404. The predicted octanol–water partition coefficient (Wildman–Crippen LogP) is 8.02. The predicted molar refractivity (Wildman–Crippen MR) is 145 cm³/mol. The van der Waals surface area contributed by atoms with Crippen LogP contribution in [0.5, 0.6) is 0 Å². The second kappa shape index (κ2) is 11.2. The number of allylic oxidation sites excluding steroid dienone is 1. The first kappa shape index (κ1) is 25.3. The topological polar surface area (TPSA) is 15.3 Å². The number of fused-ring (bicyclic) bond motifs is 1. The van der Waals surface area contributed by atoms with Crippen LogP contribution < -0.4 is 10.2 Å². The molecule has 0 spiro atoms. The molecule has 0 fully saturated rings. The largest absolute Gasteiger partial charge is 0.368 e. The maximum Gasteiger partial charge on any atom is 0.128 e. The van der Waals surface area contributed by atoms with Gasteiger partial charge in [-0.2, -0.15) is 0 Å². The van der Waals surface area contributed by atoms with E-state index < -0.39 is 0 Å². The first-order valence-electron chi connectivity index (χ1n) is 12.2. The van der Waals surface area contributed by atoms with Crippen LogP contribution >= 0.6 is 0 Å². The standard InChI is InChI=1S/C29H31FN2.C2H6/c1-6-20(3)25-9-7-8-23(15-25)14-24-10-11-29-26(16-24)22(5)31-18-32(29)17-27-21(4)12-19(2)13-28(27)30;1-2/h7-13,15-16,31H,3,5-6,14,17-18H2,1-2,4H3;1-2H3. The van der Waals surface area contributed by atoms with Gasteiger partial charge in [0.15, 0.2) is 0 Å². The number of rotatable bonds is 6. The summed E-state index contributed by atoms with van der Waals surface area (Å²) in [5.41, 5.74) is 10.6. The highest BCUT2D eigenvalue weighted by atomic mass is 19.1. The molecule has 34 heavy (non-hydrogen) atoms. The van der Waals surface area contributed by atoms with E-state index in [-0.39, 0.29) is 5.82 Å². The third kappa shape index (κ3) is 5.59. The lowest BCUT2D eigenvalue weighted by Crippen LogP contribution is -2.38. The lowest BCUT2D eigenvalue weighted by Gasteiger charge is -2.34. The van der Waals surface area contributed by atoms with Crippen molar-refractivity contribution < 1.29 is 4.39 Å². The molecule has 1 N–H and O–H groups in total. The van der Waals surface area contributed by atoms with E-state index in [1.54, 1.807) is 6.07 Å². The Bertz CT molecular complexity index is 1170. The molecule has 4 rings (SSSR count). The van der Waals surface area contributed by atoms with Crippen molar-refractivity contribution in [2.24, 2.45) is 0 Å². The Balaban J connectivity index is 0.00000158. The fourth-order valence-corrected chi connectivity index (χ4v) is 4.40. The van der Waals surface area contributed by atoms with Crippen LogP contribution in [0.2, 0.25) is 0 Å². The molecular formula is C31H37FN2. The summed E-state index contributed by atoms with van der Waals surface area (Å²) in [7, 11) is 0. The number of halogens is 1. The van der Waals surface area contributed by atoms with Crippen LogP contribution in [0.15, 0.2) is 67.8 Å². The number of hydrogen-bond donors (Lipinski definition) is 1. The van der Waals surface area contributed by atoms with Gasteiger partial charge < -0.3 is 10.2 Å². The van der Waals surface area contributed by atoms with Crippen LogP contribution in [0.3, 0.4) is 0 Å². The molecular weight excluding hydrogens is 419 g/mol. The number of benzene rings is 3. The van der Waals surface area contributed by atoms with E-state index in [9.17, 15) is 4.39 Å². The lowest BCUT2D eigenvalue weighted by molar-refractivity contribution is 0.597. The Labute approximate surface area is 204 Å². The molecule has 0 radical (unpaired) electrons. The highest BCUT2D eigenvalue weighted by Gasteiger charge is 2.21. The minimum atomic E-state index is -0.140. The van der Waals surface area contributed by atoms with Gasteiger partial charge in [-0.25, -0.2) is 4.39 Å². The molecule has 0 bridgehead atoms. The maximum atomic E-state index is 14.7. The Morgan fingerprint density at radius 2 is 1.76 bits per heavy atom. The van der Waals surface area contributed by atoms with Crippen molar-refractivity contribution in [3.05, 3.63) is 113 Å². The van der Waals surface area contributed by atoms with Crippen molar-refractivity contribution in [2.45, 2.75) is 54.0 Å². The van der Waals surface area contributed by atoms with E-state index >= 15 is 0 Å². The third-order valence-electron chi connectivity index (χ3n) is 6.29. The fourth-order valence-electron chi connectivity index (χ4n) is 4.40. The van der Waals surface area contributed by atoms with Crippen LogP contribution in [-0.2, 0) is 13.0 Å². The third-order valence-corrected chi connectivity index (χ3v) is 6.29. The summed E-state index contributed by atoms with van der Waals surface area (Å²) in [5, 5.41) is 3.38. The van der Waals surface area contributed by atoms with Crippen LogP contribution in [0.4, 0.5) is 10.1 Å². The van der Waals surface area contributed by atoms with Crippen molar-refractivity contribution in [3.8, 4) is 0 Å². The first-order chi connectivity index (χ1) is 16.4. The summed E-state index contributed by atoms with van der Waals surface area (Å²) >= 11 is 0. The van der Waals surface area contributed by atoms with Crippen LogP contribution in [0, 0.1) is 19.7 Å². The Kier molecular flexibility index (Phi) is 8.33. The summed E-state index contributed by atoms with van der Waals surface area (Å²) in [6.45, 7) is 19.6. The highest BCUT2D eigenvalue weighted by molar-refractivity contribution is 5.78. The average molecular weight is 457 g/mol. The normalized spacial score (nSPS) is 12.4. The van der Waals surface area contributed by atoms with Crippen LogP contribution in [0.1, 0.15) is 66.1 Å². The first-order valence-corrected chi connectivity index (χ1v) is 12.2. The molecule has 0 saturated carbocycles. The molecule has 0 amide bonds. The highest BCUT2D eigenvalue weighted by Crippen LogP contribution is 2.32. The second-order valence-corrected chi connectivity index (χ2v) is 8.74. The molecule has 3 aromatic rings. The monoisotopic (exact) mass is 456 g/mol. The molecule has 0 aliphatic carbocycles. The number of aryl methyl sites for hydroxylation is 2. The lowest BCUT2D eigenvalue weighted by atomic mass is 9.96. The Morgan fingerprint density at radius 3 is 2.47 bits per heavy atom. The molecule has 0 saturated heterocycles. The smallest absolute Gasteiger partial charge is 0.128 e. The molecule has 0 unspecified atom stereocenters. The summed E-state index contributed by atoms with van der Waals surface area (Å²) < 4.78 is 14.7. The molecule has 2 nitrogen and oxygen atoms in total. The average Bonchev–Trinajstić information content (AvgIpc) is 2.83. The zero-order valence-corrected chi connectivity index (χ0v) is 21.3. The zero-order valence-electron chi connectivity index (χ0n) is 21.3. The van der Waals surface area contributed by atoms with Crippen LogP contribution in [-0.4, -0.2) is 6.67 Å². The van der Waals surface area contributed by atoms with Gasteiger partial charge in [-0.15, -0.1) is 0 Å². The summed E-state index contributed by atoms with van der Waals surface area (Å²) in [4.78, 5) is 2.18. The fraction of sp³-hybridized carbons (Fsp3) is 0.290. The summed E-state index contributed by atoms with van der Waals surface area (Å²) in [6, 6.07) is 18.8. The SMILES string of the molecule is C=C(CC)c1cccc(Cc2ccc3c(c2)C(=C)NCN3Cc2c(C)cc(C)cc2F)c1.CC. The van der Waals surface area contributed by atoms with Crippen molar-refractivity contribution in [3.63, 3.8) is 0 Å². The Morgan fingerprint density at radius 1 is 1.03 bits per heavy atom. The molecule has 3 aromatic carbocycles. The van der Waals surface area contributed by atoms with Gasteiger partial charge in [0.05, 0.1) is 6.67 Å². The van der Waals surface area contributed by atoms with Gasteiger partial charge in [-0.1, -0.05) is 70.3 Å². The van der Waals surface area contributed by atoms with E-state index in [0.29, 0.717) is 13.2 Å². The number of anilines is 1. The molecule has 1 heterocycles. The van der Waals surface area contributed by atoms with Gasteiger partial charge in [0.2, 0.25) is 0 Å². The van der Waals surface area contributed by atoms with Crippen molar-refractivity contribution >= 4 is 17.0 Å². The molecule has 3 heteroatoms. The van der Waals surface area contributed by atoms with Gasteiger partial charge in [0.1, 0.15) is 5.82 Å². The van der Waals surface area contributed by atoms with E-state index in [1.165, 1.54) is 16.7 Å². The molecule has 0 aromatic heterocycles. The van der Waals surface area contributed by atoms with Gasteiger partial charge >= 0.3 is 0 Å². The minimum absolute atomic E-state index is 0.140. The number of nitrogens with one attached hydrogen (secondary N) is 1.